The fourth-order valence-electron chi connectivity index (χ4n) is 2.26. The quantitative estimate of drug-likeness (QED) is 0.769. The Morgan fingerprint density at radius 2 is 1.86 bits per heavy atom. The highest BCUT2D eigenvalue weighted by Gasteiger charge is 2.13. The molecule has 0 saturated carbocycles. The first-order valence-electron chi connectivity index (χ1n) is 6.38. The van der Waals surface area contributed by atoms with E-state index in [4.69, 9.17) is 5.73 Å². The molecule has 0 amide bonds. The van der Waals surface area contributed by atoms with E-state index < -0.39 is 0 Å². The van der Waals surface area contributed by atoms with Crippen molar-refractivity contribution in [3.8, 4) is 5.69 Å². The van der Waals surface area contributed by atoms with Crippen LogP contribution in [0.25, 0.3) is 16.7 Å². The predicted octanol–water partition coefficient (Wildman–Crippen LogP) is 3.58. The van der Waals surface area contributed by atoms with Crippen LogP contribution in [0.2, 0.25) is 0 Å². The number of nitrogen functional groups attached to an aromatic ring is 1. The van der Waals surface area contributed by atoms with Crippen molar-refractivity contribution in [1.82, 2.24) is 9.55 Å². The standard InChI is InChI=1S/C15H14BrFN4/c1-20(2)9-3-5-10(6-4-9)21-14-7-11(16)12(17)8-13(14)19-15(21)18/h3-8H,1-2H3,(H2,18,19). The van der Waals surface area contributed by atoms with E-state index in [9.17, 15) is 4.39 Å². The van der Waals surface area contributed by atoms with Gasteiger partial charge in [0.05, 0.1) is 15.5 Å². The smallest absolute Gasteiger partial charge is 0.205 e. The maximum atomic E-state index is 13.6. The van der Waals surface area contributed by atoms with Crippen LogP contribution in [-0.2, 0) is 0 Å². The molecular weight excluding hydrogens is 335 g/mol. The van der Waals surface area contributed by atoms with Gasteiger partial charge in [-0.2, -0.15) is 0 Å². The number of aromatic nitrogens is 2. The van der Waals surface area contributed by atoms with Crippen LogP contribution in [0.15, 0.2) is 40.9 Å². The summed E-state index contributed by atoms with van der Waals surface area (Å²) < 4.78 is 15.8. The summed E-state index contributed by atoms with van der Waals surface area (Å²) in [5, 5.41) is 0. The lowest BCUT2D eigenvalue weighted by atomic mass is 10.2. The molecule has 0 atom stereocenters. The first-order valence-corrected chi connectivity index (χ1v) is 7.17. The summed E-state index contributed by atoms with van der Waals surface area (Å²) in [7, 11) is 3.96. The number of rotatable bonds is 2. The largest absolute Gasteiger partial charge is 0.378 e. The van der Waals surface area contributed by atoms with Crippen LogP contribution >= 0.6 is 15.9 Å². The Kier molecular flexibility index (Phi) is 3.33. The molecule has 108 valence electrons. The number of anilines is 2. The molecule has 0 spiro atoms. The Morgan fingerprint density at radius 1 is 1.19 bits per heavy atom. The fourth-order valence-corrected chi connectivity index (χ4v) is 2.59. The van der Waals surface area contributed by atoms with E-state index in [2.05, 4.69) is 20.9 Å². The number of nitrogens with two attached hydrogens (primary N) is 1. The summed E-state index contributed by atoms with van der Waals surface area (Å²) in [6, 6.07) is 11.0. The molecule has 0 aliphatic carbocycles. The third-order valence-corrected chi connectivity index (χ3v) is 3.95. The van der Waals surface area contributed by atoms with Gasteiger partial charge in [0.25, 0.3) is 0 Å². The molecular formula is C15H14BrFN4. The Bertz CT molecular complexity index is 809. The molecule has 3 aromatic rings. The fraction of sp³-hybridized carbons (Fsp3) is 0.133. The van der Waals surface area contributed by atoms with Gasteiger partial charge in [0.2, 0.25) is 5.95 Å². The minimum atomic E-state index is -0.352. The molecule has 4 nitrogen and oxygen atoms in total. The maximum Gasteiger partial charge on any atom is 0.205 e. The number of hydrogen-bond donors (Lipinski definition) is 1. The van der Waals surface area contributed by atoms with Gasteiger partial charge in [-0.25, -0.2) is 9.37 Å². The van der Waals surface area contributed by atoms with Gasteiger partial charge in [0.1, 0.15) is 5.82 Å². The molecule has 0 unspecified atom stereocenters. The van der Waals surface area contributed by atoms with Gasteiger partial charge in [-0.05, 0) is 46.3 Å². The monoisotopic (exact) mass is 348 g/mol. The van der Waals surface area contributed by atoms with Crippen molar-refractivity contribution in [2.24, 2.45) is 0 Å². The van der Waals surface area contributed by atoms with Gasteiger partial charge in [0, 0.05) is 31.5 Å². The lowest BCUT2D eigenvalue weighted by molar-refractivity contribution is 0.623. The molecule has 2 N–H and O–H groups in total. The summed E-state index contributed by atoms with van der Waals surface area (Å²) in [5.41, 5.74) is 9.26. The summed E-state index contributed by atoms with van der Waals surface area (Å²) in [6.45, 7) is 0. The highest BCUT2D eigenvalue weighted by molar-refractivity contribution is 9.10. The average molecular weight is 349 g/mol. The third kappa shape index (κ3) is 2.35. The third-order valence-electron chi connectivity index (χ3n) is 3.35. The second-order valence-electron chi connectivity index (χ2n) is 4.97. The van der Waals surface area contributed by atoms with Gasteiger partial charge in [0.15, 0.2) is 0 Å². The Hall–Kier alpha value is -2.08. The van der Waals surface area contributed by atoms with Crippen LogP contribution in [-0.4, -0.2) is 23.6 Å². The number of benzene rings is 2. The molecule has 2 aromatic carbocycles. The van der Waals surface area contributed by atoms with E-state index in [1.165, 1.54) is 6.07 Å². The number of hydrogen-bond acceptors (Lipinski definition) is 3. The van der Waals surface area contributed by atoms with Crippen LogP contribution in [0.3, 0.4) is 0 Å². The lowest BCUT2D eigenvalue weighted by Crippen LogP contribution is -2.08. The zero-order chi connectivity index (χ0) is 15.1. The molecule has 0 radical (unpaired) electrons. The topological polar surface area (TPSA) is 47.1 Å². The molecule has 1 heterocycles. The van der Waals surface area contributed by atoms with Gasteiger partial charge >= 0.3 is 0 Å². The van der Waals surface area contributed by atoms with E-state index in [1.807, 2.05) is 43.3 Å². The van der Waals surface area contributed by atoms with Crippen LogP contribution in [0.5, 0.6) is 0 Å². The highest BCUT2D eigenvalue weighted by Crippen LogP contribution is 2.28. The summed E-state index contributed by atoms with van der Waals surface area (Å²) >= 11 is 3.20. The second kappa shape index (κ2) is 5.04. The van der Waals surface area contributed by atoms with Crippen molar-refractivity contribution in [1.29, 1.82) is 0 Å². The predicted molar refractivity (Wildman–Crippen MR) is 87.5 cm³/mol. The van der Waals surface area contributed by atoms with Crippen LogP contribution in [0.4, 0.5) is 16.0 Å². The van der Waals surface area contributed by atoms with E-state index in [-0.39, 0.29) is 5.82 Å². The number of halogens is 2. The average Bonchev–Trinajstić information content (AvgIpc) is 2.75. The minimum absolute atomic E-state index is 0.333. The molecule has 0 fully saturated rings. The molecule has 3 rings (SSSR count). The van der Waals surface area contributed by atoms with Gasteiger partial charge < -0.3 is 10.6 Å². The van der Waals surface area contributed by atoms with Crippen LogP contribution < -0.4 is 10.6 Å². The Morgan fingerprint density at radius 3 is 2.48 bits per heavy atom. The van der Waals surface area contributed by atoms with Gasteiger partial charge in [-0.3, -0.25) is 4.57 Å². The first-order chi connectivity index (χ1) is 9.97. The number of imidazole rings is 1. The molecule has 0 saturated heterocycles. The molecule has 21 heavy (non-hydrogen) atoms. The molecule has 0 bridgehead atoms. The molecule has 0 aliphatic heterocycles. The van der Waals surface area contributed by atoms with E-state index in [1.54, 1.807) is 10.6 Å². The van der Waals surface area contributed by atoms with Gasteiger partial charge in [-0.1, -0.05) is 0 Å². The molecule has 0 aliphatic rings. The van der Waals surface area contributed by atoms with Crippen molar-refractivity contribution < 1.29 is 4.39 Å². The lowest BCUT2D eigenvalue weighted by Gasteiger charge is -2.13. The summed E-state index contributed by atoms with van der Waals surface area (Å²) in [5.74, 6) is -0.0183. The van der Waals surface area contributed by atoms with E-state index in [0.717, 1.165) is 16.9 Å². The second-order valence-corrected chi connectivity index (χ2v) is 5.83. The maximum absolute atomic E-state index is 13.6. The van der Waals surface area contributed by atoms with Crippen molar-refractivity contribution in [3.63, 3.8) is 0 Å². The van der Waals surface area contributed by atoms with Crippen molar-refractivity contribution >= 4 is 38.6 Å². The SMILES string of the molecule is CN(C)c1ccc(-n2c(N)nc3cc(F)c(Br)cc32)cc1. The van der Waals surface area contributed by atoms with Crippen molar-refractivity contribution in [2.75, 3.05) is 24.7 Å². The normalized spacial score (nSPS) is 11.0. The van der Waals surface area contributed by atoms with Crippen molar-refractivity contribution in [3.05, 3.63) is 46.7 Å². The summed E-state index contributed by atoms with van der Waals surface area (Å²) in [4.78, 5) is 6.24. The zero-order valence-corrected chi connectivity index (χ0v) is 13.2. The molecule has 1 aromatic heterocycles. The Balaban J connectivity index is 2.19. The summed E-state index contributed by atoms with van der Waals surface area (Å²) in [6.07, 6.45) is 0. The zero-order valence-electron chi connectivity index (χ0n) is 11.6. The Labute approximate surface area is 130 Å². The number of nitrogens with zero attached hydrogens (tertiary/aromatic N) is 3. The minimum Gasteiger partial charge on any atom is -0.378 e. The first kappa shape index (κ1) is 13.9. The van der Waals surface area contributed by atoms with E-state index >= 15 is 0 Å². The van der Waals surface area contributed by atoms with Crippen molar-refractivity contribution in [2.45, 2.75) is 0 Å². The van der Waals surface area contributed by atoms with Crippen LogP contribution in [0, 0.1) is 5.82 Å². The van der Waals surface area contributed by atoms with Crippen LogP contribution in [0.1, 0.15) is 0 Å². The molecule has 6 heteroatoms. The van der Waals surface area contributed by atoms with E-state index in [0.29, 0.717) is 15.9 Å². The number of fused-ring (bicyclic) bond motifs is 1. The van der Waals surface area contributed by atoms with Gasteiger partial charge in [-0.15, -0.1) is 0 Å². The highest BCUT2D eigenvalue weighted by atomic mass is 79.9.